The van der Waals surface area contributed by atoms with E-state index in [1.165, 1.54) is 37.4 Å². The molecule has 0 amide bonds. The third-order valence-corrected chi connectivity index (χ3v) is 3.09. The molecule has 1 aliphatic heterocycles. The van der Waals surface area contributed by atoms with Crippen molar-refractivity contribution in [1.82, 2.24) is 0 Å². The number of ether oxygens (including phenoxy) is 3. The molecule has 0 unspecified atom stereocenters. The molecular weight excluding hydrogens is 294 g/mol. The SMILES string of the molecule is COc1ccc(C(=O)O)c2c1Oc1cc([N+](=O)[O-])ccc1O2. The van der Waals surface area contributed by atoms with E-state index in [0.29, 0.717) is 0 Å². The predicted octanol–water partition coefficient (Wildman–Crippen LogP) is 3.20. The molecule has 2 aromatic rings. The number of carbonyl (C=O) groups is 1. The van der Waals surface area contributed by atoms with Crippen molar-refractivity contribution in [3.8, 4) is 28.7 Å². The molecule has 0 saturated carbocycles. The van der Waals surface area contributed by atoms with Crippen molar-refractivity contribution < 1.29 is 29.0 Å². The number of nitro benzene ring substituents is 1. The Morgan fingerprint density at radius 1 is 1.18 bits per heavy atom. The van der Waals surface area contributed by atoms with Crippen molar-refractivity contribution >= 4 is 11.7 Å². The van der Waals surface area contributed by atoms with Crippen molar-refractivity contribution in [2.24, 2.45) is 0 Å². The molecule has 112 valence electrons. The average Bonchev–Trinajstić information content (AvgIpc) is 2.50. The smallest absolute Gasteiger partial charge is 0.339 e. The van der Waals surface area contributed by atoms with Gasteiger partial charge in [0.2, 0.25) is 5.75 Å². The highest BCUT2D eigenvalue weighted by molar-refractivity contribution is 5.93. The van der Waals surface area contributed by atoms with E-state index < -0.39 is 10.9 Å². The second kappa shape index (κ2) is 4.92. The number of benzene rings is 2. The number of hydrogen-bond donors (Lipinski definition) is 1. The zero-order valence-electron chi connectivity index (χ0n) is 11.2. The molecule has 0 radical (unpaired) electrons. The summed E-state index contributed by atoms with van der Waals surface area (Å²) in [6.45, 7) is 0. The van der Waals surface area contributed by atoms with Gasteiger partial charge in [-0.05, 0) is 18.2 Å². The van der Waals surface area contributed by atoms with Crippen LogP contribution in [-0.2, 0) is 0 Å². The van der Waals surface area contributed by atoms with Gasteiger partial charge in [-0.3, -0.25) is 10.1 Å². The van der Waals surface area contributed by atoms with Crippen molar-refractivity contribution in [3.05, 3.63) is 46.0 Å². The standard InChI is InChI=1S/C14H9NO7/c1-20-10-5-3-8(14(16)17)12-13(10)22-11-6-7(15(18)19)2-4-9(11)21-12/h2-6H,1H3,(H,16,17). The number of rotatable bonds is 3. The van der Waals surface area contributed by atoms with Gasteiger partial charge in [-0.1, -0.05) is 0 Å². The number of methoxy groups -OCH3 is 1. The molecule has 0 aliphatic carbocycles. The molecule has 2 aromatic carbocycles. The lowest BCUT2D eigenvalue weighted by Crippen LogP contribution is -2.07. The maximum Gasteiger partial charge on any atom is 0.339 e. The number of carboxylic acids is 1. The summed E-state index contributed by atoms with van der Waals surface area (Å²) < 4.78 is 16.2. The Balaban J connectivity index is 2.15. The number of nitrogens with zero attached hydrogens (tertiary/aromatic N) is 1. The van der Waals surface area contributed by atoms with E-state index >= 15 is 0 Å². The van der Waals surface area contributed by atoms with Crippen LogP contribution < -0.4 is 14.2 Å². The first-order valence-electron chi connectivity index (χ1n) is 6.09. The molecule has 3 rings (SSSR count). The lowest BCUT2D eigenvalue weighted by atomic mass is 10.1. The van der Waals surface area contributed by atoms with E-state index in [2.05, 4.69) is 0 Å². The summed E-state index contributed by atoms with van der Waals surface area (Å²) in [6, 6.07) is 6.55. The summed E-state index contributed by atoms with van der Waals surface area (Å²) in [5, 5.41) is 20.0. The summed E-state index contributed by atoms with van der Waals surface area (Å²) in [4.78, 5) is 21.5. The molecule has 0 fully saturated rings. The third kappa shape index (κ3) is 2.06. The average molecular weight is 303 g/mol. The van der Waals surface area contributed by atoms with Crippen molar-refractivity contribution in [1.29, 1.82) is 0 Å². The summed E-state index contributed by atoms with van der Waals surface area (Å²) in [5.74, 6) is -0.565. The largest absolute Gasteiger partial charge is 0.493 e. The first-order valence-corrected chi connectivity index (χ1v) is 6.09. The van der Waals surface area contributed by atoms with Crippen LogP contribution in [0.2, 0.25) is 0 Å². The van der Waals surface area contributed by atoms with Gasteiger partial charge in [0.15, 0.2) is 23.0 Å². The fourth-order valence-electron chi connectivity index (χ4n) is 2.07. The summed E-state index contributed by atoms with van der Waals surface area (Å²) in [5.41, 5.74) is -0.265. The zero-order chi connectivity index (χ0) is 15.9. The second-order valence-corrected chi connectivity index (χ2v) is 4.37. The molecule has 0 bridgehead atoms. The van der Waals surface area contributed by atoms with E-state index in [4.69, 9.17) is 14.2 Å². The van der Waals surface area contributed by atoms with Gasteiger partial charge >= 0.3 is 5.97 Å². The van der Waals surface area contributed by atoms with Crippen LogP contribution in [0.25, 0.3) is 0 Å². The van der Waals surface area contributed by atoms with Crippen LogP contribution in [0.15, 0.2) is 30.3 Å². The van der Waals surface area contributed by atoms with Crippen LogP contribution in [0, 0.1) is 10.1 Å². The zero-order valence-corrected chi connectivity index (χ0v) is 11.2. The Labute approximate surface area is 123 Å². The topological polar surface area (TPSA) is 108 Å². The molecule has 22 heavy (non-hydrogen) atoms. The maximum atomic E-state index is 11.3. The monoisotopic (exact) mass is 303 g/mol. The van der Waals surface area contributed by atoms with Gasteiger partial charge < -0.3 is 19.3 Å². The molecular formula is C14H9NO7. The molecule has 0 atom stereocenters. The van der Waals surface area contributed by atoms with Crippen molar-refractivity contribution in [3.63, 3.8) is 0 Å². The fraction of sp³-hybridized carbons (Fsp3) is 0.0714. The Bertz CT molecular complexity index is 800. The highest BCUT2D eigenvalue weighted by Crippen LogP contribution is 2.51. The number of carboxylic acid groups (broad SMARTS) is 1. The number of fused-ring (bicyclic) bond motifs is 2. The van der Waals surface area contributed by atoms with Gasteiger partial charge in [-0.2, -0.15) is 0 Å². The van der Waals surface area contributed by atoms with Gasteiger partial charge in [0.1, 0.15) is 5.56 Å². The highest BCUT2D eigenvalue weighted by Gasteiger charge is 2.29. The van der Waals surface area contributed by atoms with Gasteiger partial charge in [0.05, 0.1) is 18.1 Å². The maximum absolute atomic E-state index is 11.3. The number of non-ortho nitro benzene ring substituents is 1. The summed E-state index contributed by atoms with van der Waals surface area (Å²) >= 11 is 0. The van der Waals surface area contributed by atoms with Gasteiger partial charge in [0.25, 0.3) is 5.69 Å². The third-order valence-electron chi connectivity index (χ3n) is 3.09. The molecule has 1 heterocycles. The molecule has 8 nitrogen and oxygen atoms in total. The van der Waals surface area contributed by atoms with E-state index in [1.807, 2.05) is 0 Å². The molecule has 0 spiro atoms. The minimum absolute atomic E-state index is 0.00629. The molecule has 0 saturated heterocycles. The van der Waals surface area contributed by atoms with Gasteiger partial charge in [-0.15, -0.1) is 0 Å². The molecule has 1 aliphatic rings. The Morgan fingerprint density at radius 3 is 2.55 bits per heavy atom. The van der Waals surface area contributed by atoms with Crippen molar-refractivity contribution in [2.75, 3.05) is 7.11 Å². The van der Waals surface area contributed by atoms with E-state index in [1.54, 1.807) is 0 Å². The summed E-state index contributed by atoms with van der Waals surface area (Å²) in [6.07, 6.45) is 0. The molecule has 8 heteroatoms. The lowest BCUT2D eigenvalue weighted by Gasteiger charge is -2.23. The minimum atomic E-state index is -1.19. The van der Waals surface area contributed by atoms with Crippen LogP contribution in [0.3, 0.4) is 0 Å². The summed E-state index contributed by atoms with van der Waals surface area (Å²) in [7, 11) is 1.39. The van der Waals surface area contributed by atoms with Crippen LogP contribution >= 0.6 is 0 Å². The van der Waals surface area contributed by atoms with Crippen LogP contribution in [-0.4, -0.2) is 23.1 Å². The first kappa shape index (κ1) is 13.7. The fourth-order valence-corrected chi connectivity index (χ4v) is 2.07. The lowest BCUT2D eigenvalue weighted by molar-refractivity contribution is -0.384. The Morgan fingerprint density at radius 2 is 1.91 bits per heavy atom. The van der Waals surface area contributed by atoms with E-state index in [0.717, 1.165) is 0 Å². The predicted molar refractivity (Wildman–Crippen MR) is 73.2 cm³/mol. The first-order chi connectivity index (χ1) is 10.5. The number of hydrogen-bond acceptors (Lipinski definition) is 6. The van der Waals surface area contributed by atoms with Gasteiger partial charge in [0, 0.05) is 6.07 Å². The number of nitro groups is 1. The van der Waals surface area contributed by atoms with Gasteiger partial charge in [-0.25, -0.2) is 4.79 Å². The van der Waals surface area contributed by atoms with Crippen LogP contribution in [0.4, 0.5) is 5.69 Å². The molecule has 0 aromatic heterocycles. The number of aromatic carboxylic acids is 1. The highest BCUT2D eigenvalue weighted by atomic mass is 16.6. The van der Waals surface area contributed by atoms with E-state index in [-0.39, 0.29) is 40.0 Å². The normalized spacial score (nSPS) is 11.5. The Hall–Kier alpha value is -3.29. The van der Waals surface area contributed by atoms with Crippen molar-refractivity contribution in [2.45, 2.75) is 0 Å². The quantitative estimate of drug-likeness (QED) is 0.584. The second-order valence-electron chi connectivity index (χ2n) is 4.37. The molecule has 1 N–H and O–H groups in total. The van der Waals surface area contributed by atoms with Crippen LogP contribution in [0.5, 0.6) is 28.7 Å². The van der Waals surface area contributed by atoms with Crippen LogP contribution in [0.1, 0.15) is 10.4 Å². The van der Waals surface area contributed by atoms with E-state index in [9.17, 15) is 20.0 Å². The Kier molecular flexibility index (Phi) is 3.06. The minimum Gasteiger partial charge on any atom is -0.493 e.